The first kappa shape index (κ1) is 10.5. The molecular formula is C14H26. The summed E-state index contributed by atoms with van der Waals surface area (Å²) in [6.07, 6.45) is 7.49. The molecule has 2 aliphatic carbocycles. The predicted molar refractivity (Wildman–Crippen MR) is 62.2 cm³/mol. The maximum absolute atomic E-state index is 2.57. The average molecular weight is 194 g/mol. The minimum atomic E-state index is 0.685. The molecule has 2 rings (SSSR count). The molecule has 2 saturated carbocycles. The van der Waals surface area contributed by atoms with Crippen molar-refractivity contribution in [2.24, 2.45) is 29.1 Å². The van der Waals surface area contributed by atoms with Crippen LogP contribution in [0.3, 0.4) is 0 Å². The Morgan fingerprint density at radius 2 is 1.79 bits per heavy atom. The lowest BCUT2D eigenvalue weighted by Crippen LogP contribution is -2.46. The van der Waals surface area contributed by atoms with Gasteiger partial charge in [-0.25, -0.2) is 0 Å². The number of hydrogen-bond acceptors (Lipinski definition) is 0. The largest absolute Gasteiger partial charge is 0.0622 e. The van der Waals surface area contributed by atoms with Gasteiger partial charge < -0.3 is 0 Å². The Hall–Kier alpha value is 0. The summed E-state index contributed by atoms with van der Waals surface area (Å²) in [5, 5.41) is 0. The fraction of sp³-hybridized carbons (Fsp3) is 1.00. The monoisotopic (exact) mass is 194 g/mol. The number of rotatable bonds is 0. The Bertz CT molecular complexity index is 204. The molecule has 0 aromatic carbocycles. The third kappa shape index (κ3) is 1.42. The van der Waals surface area contributed by atoms with Gasteiger partial charge in [0.05, 0.1) is 0 Å². The molecule has 0 amide bonds. The third-order valence-electron chi connectivity index (χ3n) is 5.83. The van der Waals surface area contributed by atoms with Gasteiger partial charge in [0.1, 0.15) is 0 Å². The van der Waals surface area contributed by atoms with Gasteiger partial charge in [0.25, 0.3) is 0 Å². The number of fused-ring (bicyclic) bond motifs is 1. The highest BCUT2D eigenvalue weighted by atomic mass is 14.5. The van der Waals surface area contributed by atoms with Crippen molar-refractivity contribution >= 4 is 0 Å². The summed E-state index contributed by atoms with van der Waals surface area (Å²) >= 11 is 0. The Kier molecular flexibility index (Phi) is 2.66. The molecule has 0 heterocycles. The van der Waals surface area contributed by atoms with Gasteiger partial charge in [0.15, 0.2) is 0 Å². The summed E-state index contributed by atoms with van der Waals surface area (Å²) in [5.41, 5.74) is 0.685. The lowest BCUT2D eigenvalue weighted by Gasteiger charge is -2.54. The van der Waals surface area contributed by atoms with Crippen molar-refractivity contribution in [1.82, 2.24) is 0 Å². The molecule has 14 heavy (non-hydrogen) atoms. The van der Waals surface area contributed by atoms with E-state index in [-0.39, 0.29) is 0 Å². The average Bonchev–Trinajstić information content (AvgIpc) is 2.17. The molecule has 2 fully saturated rings. The van der Waals surface area contributed by atoms with Gasteiger partial charge in [0, 0.05) is 0 Å². The molecule has 0 spiro atoms. The van der Waals surface area contributed by atoms with E-state index in [2.05, 4.69) is 27.7 Å². The van der Waals surface area contributed by atoms with Gasteiger partial charge in [-0.15, -0.1) is 0 Å². The van der Waals surface area contributed by atoms with Crippen LogP contribution in [-0.2, 0) is 0 Å². The Morgan fingerprint density at radius 1 is 1.07 bits per heavy atom. The molecule has 0 nitrogen and oxygen atoms in total. The second-order valence-electron chi connectivity index (χ2n) is 6.31. The zero-order valence-corrected chi connectivity index (χ0v) is 10.3. The summed E-state index contributed by atoms with van der Waals surface area (Å²) in [7, 11) is 0. The maximum atomic E-state index is 2.57. The molecule has 0 aromatic rings. The second-order valence-corrected chi connectivity index (χ2v) is 6.31. The van der Waals surface area contributed by atoms with E-state index in [1.54, 1.807) is 0 Å². The van der Waals surface area contributed by atoms with Crippen LogP contribution in [0, 0.1) is 29.1 Å². The molecule has 0 aromatic heterocycles. The summed E-state index contributed by atoms with van der Waals surface area (Å²) in [5.74, 6) is 3.88. The summed E-state index contributed by atoms with van der Waals surface area (Å²) in [6, 6.07) is 0. The highest BCUT2D eigenvalue weighted by Gasteiger charge is 2.47. The molecule has 2 aliphatic rings. The molecule has 0 aliphatic heterocycles. The van der Waals surface area contributed by atoms with Crippen LogP contribution in [-0.4, -0.2) is 0 Å². The minimum Gasteiger partial charge on any atom is -0.0622 e. The van der Waals surface area contributed by atoms with Crippen molar-refractivity contribution in [1.29, 1.82) is 0 Å². The molecule has 82 valence electrons. The van der Waals surface area contributed by atoms with E-state index in [4.69, 9.17) is 0 Å². The Labute approximate surface area is 89.5 Å². The van der Waals surface area contributed by atoms with Gasteiger partial charge in [-0.2, -0.15) is 0 Å². The second kappa shape index (κ2) is 3.54. The van der Waals surface area contributed by atoms with Crippen molar-refractivity contribution < 1.29 is 0 Å². The summed E-state index contributed by atoms with van der Waals surface area (Å²) in [4.78, 5) is 0. The molecule has 5 atom stereocenters. The van der Waals surface area contributed by atoms with E-state index in [1.807, 2.05) is 0 Å². The van der Waals surface area contributed by atoms with Crippen LogP contribution in [0.1, 0.15) is 59.8 Å². The van der Waals surface area contributed by atoms with Crippen molar-refractivity contribution in [2.45, 2.75) is 59.8 Å². The van der Waals surface area contributed by atoms with E-state index >= 15 is 0 Å². The SMILES string of the molecule is CC1C(C)[C@@]2(C)CCCCC2C[C@@H]1C. The highest BCUT2D eigenvalue weighted by Crippen LogP contribution is 2.56. The van der Waals surface area contributed by atoms with Gasteiger partial charge in [-0.3, -0.25) is 0 Å². The highest BCUT2D eigenvalue weighted by molar-refractivity contribution is 4.97. The van der Waals surface area contributed by atoms with E-state index < -0.39 is 0 Å². The van der Waals surface area contributed by atoms with Gasteiger partial charge >= 0.3 is 0 Å². The lowest BCUT2D eigenvalue weighted by molar-refractivity contribution is -0.0467. The topological polar surface area (TPSA) is 0 Å². The van der Waals surface area contributed by atoms with E-state index in [1.165, 1.54) is 32.1 Å². The van der Waals surface area contributed by atoms with E-state index in [9.17, 15) is 0 Å². The molecular weight excluding hydrogens is 168 g/mol. The molecule has 0 heteroatoms. The summed E-state index contributed by atoms with van der Waals surface area (Å²) < 4.78 is 0. The fourth-order valence-electron chi connectivity index (χ4n) is 4.17. The zero-order valence-electron chi connectivity index (χ0n) is 10.3. The Morgan fingerprint density at radius 3 is 2.50 bits per heavy atom. The van der Waals surface area contributed by atoms with Crippen molar-refractivity contribution in [3.05, 3.63) is 0 Å². The molecule has 0 radical (unpaired) electrons. The van der Waals surface area contributed by atoms with Crippen LogP contribution in [0.2, 0.25) is 0 Å². The predicted octanol–water partition coefficient (Wildman–Crippen LogP) is 4.49. The van der Waals surface area contributed by atoms with Crippen LogP contribution in [0.25, 0.3) is 0 Å². The number of hydrogen-bond donors (Lipinski definition) is 0. The quantitative estimate of drug-likeness (QED) is 0.533. The Balaban J connectivity index is 2.21. The van der Waals surface area contributed by atoms with Crippen molar-refractivity contribution in [2.75, 3.05) is 0 Å². The van der Waals surface area contributed by atoms with Crippen molar-refractivity contribution in [3.8, 4) is 0 Å². The fourth-order valence-corrected chi connectivity index (χ4v) is 4.17. The zero-order chi connectivity index (χ0) is 10.3. The van der Waals surface area contributed by atoms with Gasteiger partial charge in [-0.1, -0.05) is 40.5 Å². The van der Waals surface area contributed by atoms with Crippen LogP contribution < -0.4 is 0 Å². The molecule has 3 unspecified atom stereocenters. The van der Waals surface area contributed by atoms with E-state index in [0.29, 0.717) is 5.41 Å². The van der Waals surface area contributed by atoms with Crippen molar-refractivity contribution in [3.63, 3.8) is 0 Å². The molecule has 0 saturated heterocycles. The lowest BCUT2D eigenvalue weighted by atomic mass is 9.51. The normalized spacial score (nSPS) is 54.0. The van der Waals surface area contributed by atoms with Gasteiger partial charge in [-0.05, 0) is 48.3 Å². The van der Waals surface area contributed by atoms with Crippen LogP contribution >= 0.6 is 0 Å². The maximum Gasteiger partial charge on any atom is -0.0269 e. The smallest absolute Gasteiger partial charge is 0.0269 e. The van der Waals surface area contributed by atoms with Crippen LogP contribution in [0.5, 0.6) is 0 Å². The van der Waals surface area contributed by atoms with Crippen LogP contribution in [0.15, 0.2) is 0 Å². The van der Waals surface area contributed by atoms with E-state index in [0.717, 1.165) is 23.7 Å². The minimum absolute atomic E-state index is 0.685. The first-order chi connectivity index (χ1) is 6.55. The molecule has 0 N–H and O–H groups in total. The molecule has 0 bridgehead atoms. The summed E-state index contributed by atoms with van der Waals surface area (Å²) in [6.45, 7) is 10.0. The first-order valence-electron chi connectivity index (χ1n) is 6.55. The van der Waals surface area contributed by atoms with Crippen LogP contribution in [0.4, 0.5) is 0 Å². The third-order valence-corrected chi connectivity index (χ3v) is 5.83. The first-order valence-corrected chi connectivity index (χ1v) is 6.55. The van der Waals surface area contributed by atoms with Gasteiger partial charge in [0.2, 0.25) is 0 Å². The standard InChI is InChI=1S/C14H26/c1-10-9-13-7-5-6-8-14(13,4)12(3)11(10)2/h10-13H,5-9H2,1-4H3/t10-,11?,12?,13?,14+/m0/s1.